The molecule has 6 heteroatoms. The molecule has 0 bridgehead atoms. The molecule has 0 aliphatic rings. The Hall–Kier alpha value is -2.44. The van der Waals surface area contributed by atoms with Gasteiger partial charge in [-0.2, -0.15) is 0 Å². The van der Waals surface area contributed by atoms with E-state index in [4.69, 9.17) is 9.47 Å². The Balaban J connectivity index is 1.70. The van der Waals surface area contributed by atoms with Crippen LogP contribution in [0.4, 0.5) is 0 Å². The van der Waals surface area contributed by atoms with Crippen LogP contribution in [0, 0.1) is 13.8 Å². The number of carbonyl (C=O) groups is 2. The number of thiophene rings is 1. The largest absolute Gasteiger partial charge is 0.453 e. The van der Waals surface area contributed by atoms with Crippen LogP contribution in [0.3, 0.4) is 0 Å². The van der Waals surface area contributed by atoms with Gasteiger partial charge in [0.2, 0.25) is 5.78 Å². The van der Waals surface area contributed by atoms with E-state index in [1.165, 1.54) is 11.3 Å². The van der Waals surface area contributed by atoms with E-state index in [0.29, 0.717) is 17.0 Å². The van der Waals surface area contributed by atoms with Crippen LogP contribution in [-0.4, -0.2) is 36.6 Å². The molecule has 0 aliphatic carbocycles. The van der Waals surface area contributed by atoms with Gasteiger partial charge in [0.05, 0.1) is 12.6 Å². The molecule has 0 amide bonds. The number of esters is 1. The van der Waals surface area contributed by atoms with Gasteiger partial charge in [-0.1, -0.05) is 18.2 Å². The van der Waals surface area contributed by atoms with Gasteiger partial charge in [0, 0.05) is 28.8 Å². The number of Topliss-reactive ketones (excluding diaryl/α,β-unsaturated/α-hetero) is 1. The van der Waals surface area contributed by atoms with Gasteiger partial charge in [-0.3, -0.25) is 4.79 Å². The molecule has 0 unspecified atom stereocenters. The van der Waals surface area contributed by atoms with Crippen molar-refractivity contribution in [2.24, 2.45) is 0 Å². The van der Waals surface area contributed by atoms with Gasteiger partial charge in [-0.05, 0) is 44.4 Å². The lowest BCUT2D eigenvalue weighted by atomic mass is 10.1. The minimum Gasteiger partial charge on any atom is -0.453 e. The Morgan fingerprint density at radius 2 is 1.93 bits per heavy atom. The van der Waals surface area contributed by atoms with Crippen LogP contribution < -0.4 is 0 Å². The van der Waals surface area contributed by atoms with Gasteiger partial charge in [-0.15, -0.1) is 11.3 Å². The standard InChI is InChI=1S/C21H23NO4S/c1-13-9-17(15(3)22(13)14(2)11-25-4)18(23)12-26-21(24)20-10-16-7-5-6-8-19(16)27-20/h5-10,14H,11-12H2,1-4H3/t14-/m1/s1. The van der Waals surface area contributed by atoms with Crippen molar-refractivity contribution in [3.05, 3.63) is 58.2 Å². The summed E-state index contributed by atoms with van der Waals surface area (Å²) in [6, 6.07) is 11.5. The van der Waals surface area contributed by atoms with E-state index < -0.39 is 5.97 Å². The summed E-state index contributed by atoms with van der Waals surface area (Å²) in [5, 5.41) is 0.997. The van der Waals surface area contributed by atoms with Crippen LogP contribution in [0.15, 0.2) is 36.4 Å². The van der Waals surface area contributed by atoms with Crippen molar-refractivity contribution in [2.45, 2.75) is 26.8 Å². The van der Waals surface area contributed by atoms with Crippen LogP contribution in [0.2, 0.25) is 0 Å². The summed E-state index contributed by atoms with van der Waals surface area (Å²) < 4.78 is 13.6. The molecule has 142 valence electrons. The van der Waals surface area contributed by atoms with Gasteiger partial charge < -0.3 is 14.0 Å². The van der Waals surface area contributed by atoms with E-state index in [9.17, 15) is 9.59 Å². The molecule has 5 nitrogen and oxygen atoms in total. The van der Waals surface area contributed by atoms with Crippen molar-refractivity contribution < 1.29 is 19.1 Å². The minimum atomic E-state index is -0.467. The summed E-state index contributed by atoms with van der Waals surface area (Å²) in [6.07, 6.45) is 0. The lowest BCUT2D eigenvalue weighted by Crippen LogP contribution is -2.16. The summed E-state index contributed by atoms with van der Waals surface area (Å²) in [4.78, 5) is 25.4. The van der Waals surface area contributed by atoms with Gasteiger partial charge in [0.15, 0.2) is 6.61 Å². The number of rotatable bonds is 7. The third-order valence-electron chi connectivity index (χ3n) is 4.59. The molecule has 1 atom stereocenters. The predicted octanol–water partition coefficient (Wildman–Crippen LogP) is 4.57. The molecule has 0 N–H and O–H groups in total. The van der Waals surface area contributed by atoms with Crippen molar-refractivity contribution in [1.29, 1.82) is 0 Å². The van der Waals surface area contributed by atoms with E-state index in [1.807, 2.05) is 51.1 Å². The van der Waals surface area contributed by atoms with E-state index in [0.717, 1.165) is 21.5 Å². The fraction of sp³-hybridized carbons (Fsp3) is 0.333. The maximum atomic E-state index is 12.6. The number of ether oxygens (including phenoxy) is 2. The summed E-state index contributed by atoms with van der Waals surface area (Å²) in [5.74, 6) is -0.667. The number of benzene rings is 1. The normalized spacial score (nSPS) is 12.3. The molecule has 1 aromatic carbocycles. The smallest absolute Gasteiger partial charge is 0.348 e. The van der Waals surface area contributed by atoms with Crippen LogP contribution in [0.5, 0.6) is 0 Å². The molecule has 3 rings (SSSR count). The molecule has 0 saturated carbocycles. The third-order valence-corrected chi connectivity index (χ3v) is 5.69. The lowest BCUT2D eigenvalue weighted by Gasteiger charge is -2.17. The number of methoxy groups -OCH3 is 1. The first-order valence-electron chi connectivity index (χ1n) is 8.78. The minimum absolute atomic E-state index is 0.123. The lowest BCUT2D eigenvalue weighted by molar-refractivity contribution is 0.0479. The predicted molar refractivity (Wildman–Crippen MR) is 107 cm³/mol. The molecule has 3 aromatic rings. The van der Waals surface area contributed by atoms with Crippen molar-refractivity contribution >= 4 is 33.2 Å². The Bertz CT molecular complexity index is 952. The average Bonchev–Trinajstić information content (AvgIpc) is 3.20. The second kappa shape index (κ2) is 8.06. The Labute approximate surface area is 162 Å². The molecular formula is C21H23NO4S. The van der Waals surface area contributed by atoms with E-state index in [-0.39, 0.29) is 18.4 Å². The molecule has 2 heterocycles. The zero-order valence-electron chi connectivity index (χ0n) is 15.9. The first kappa shape index (κ1) is 19.3. The maximum absolute atomic E-state index is 12.6. The number of carbonyl (C=O) groups excluding carboxylic acids is 2. The second-order valence-corrected chi connectivity index (χ2v) is 7.69. The first-order valence-corrected chi connectivity index (χ1v) is 9.60. The molecule has 0 aliphatic heterocycles. The molecule has 0 saturated heterocycles. The van der Waals surface area contributed by atoms with Gasteiger partial charge in [-0.25, -0.2) is 4.79 Å². The zero-order chi connectivity index (χ0) is 19.6. The zero-order valence-corrected chi connectivity index (χ0v) is 16.8. The van der Waals surface area contributed by atoms with Gasteiger partial charge >= 0.3 is 5.97 Å². The molecule has 0 radical (unpaired) electrons. The fourth-order valence-corrected chi connectivity index (χ4v) is 4.37. The van der Waals surface area contributed by atoms with Crippen molar-refractivity contribution in [1.82, 2.24) is 4.57 Å². The summed E-state index contributed by atoms with van der Waals surface area (Å²) in [7, 11) is 1.66. The second-order valence-electron chi connectivity index (χ2n) is 6.61. The van der Waals surface area contributed by atoms with E-state index in [2.05, 4.69) is 4.57 Å². The highest BCUT2D eigenvalue weighted by molar-refractivity contribution is 7.20. The van der Waals surface area contributed by atoms with E-state index >= 15 is 0 Å². The summed E-state index contributed by atoms with van der Waals surface area (Å²) in [6.45, 7) is 6.19. The van der Waals surface area contributed by atoms with Gasteiger partial charge in [0.1, 0.15) is 4.88 Å². The molecule has 0 fully saturated rings. The fourth-order valence-electron chi connectivity index (χ4n) is 3.42. The molecule has 0 spiro atoms. The Morgan fingerprint density at radius 3 is 2.63 bits per heavy atom. The number of hydrogen-bond acceptors (Lipinski definition) is 5. The summed E-state index contributed by atoms with van der Waals surface area (Å²) in [5.41, 5.74) is 2.43. The SMILES string of the molecule is COC[C@@H](C)n1c(C)cc(C(=O)COC(=O)c2cc3ccccc3s2)c1C. The highest BCUT2D eigenvalue weighted by atomic mass is 32.1. The highest BCUT2D eigenvalue weighted by Crippen LogP contribution is 2.26. The Morgan fingerprint density at radius 1 is 1.19 bits per heavy atom. The topological polar surface area (TPSA) is 57.5 Å². The number of nitrogens with zero attached hydrogens (tertiary/aromatic N) is 1. The maximum Gasteiger partial charge on any atom is 0.348 e. The van der Waals surface area contributed by atoms with Crippen LogP contribution in [-0.2, 0) is 9.47 Å². The summed E-state index contributed by atoms with van der Waals surface area (Å²) >= 11 is 1.37. The highest BCUT2D eigenvalue weighted by Gasteiger charge is 2.20. The number of hydrogen-bond donors (Lipinski definition) is 0. The van der Waals surface area contributed by atoms with Crippen LogP contribution in [0.1, 0.15) is 44.4 Å². The van der Waals surface area contributed by atoms with Gasteiger partial charge in [0.25, 0.3) is 0 Å². The van der Waals surface area contributed by atoms with Crippen LogP contribution in [0.25, 0.3) is 10.1 Å². The quantitative estimate of drug-likeness (QED) is 0.442. The average molecular weight is 385 g/mol. The Kier molecular flexibility index (Phi) is 5.77. The first-order chi connectivity index (χ1) is 12.9. The number of aromatic nitrogens is 1. The van der Waals surface area contributed by atoms with Crippen molar-refractivity contribution in [3.63, 3.8) is 0 Å². The number of fused-ring (bicyclic) bond motifs is 1. The number of aryl methyl sites for hydroxylation is 1. The van der Waals surface area contributed by atoms with E-state index in [1.54, 1.807) is 13.2 Å². The van der Waals surface area contributed by atoms with Crippen molar-refractivity contribution in [2.75, 3.05) is 20.3 Å². The monoisotopic (exact) mass is 385 g/mol. The van der Waals surface area contributed by atoms with Crippen molar-refractivity contribution in [3.8, 4) is 0 Å². The molecule has 27 heavy (non-hydrogen) atoms. The number of ketones is 1. The third kappa shape index (κ3) is 3.96. The molecular weight excluding hydrogens is 362 g/mol. The molecule has 2 aromatic heterocycles. The van der Waals surface area contributed by atoms with Crippen LogP contribution >= 0.6 is 11.3 Å².